The quantitative estimate of drug-likeness (QED) is 0.697. The molecule has 2 aromatic rings. The molecular formula is C25H32N2O. The average Bonchev–Trinajstić information content (AvgIpc) is 3.33. The van der Waals surface area contributed by atoms with Crippen LogP contribution in [-0.2, 0) is 12.8 Å². The molecule has 0 aromatic heterocycles. The number of urea groups is 1. The van der Waals surface area contributed by atoms with Gasteiger partial charge in [-0.1, -0.05) is 86.3 Å². The van der Waals surface area contributed by atoms with Crippen molar-refractivity contribution in [2.75, 3.05) is 0 Å². The maximum absolute atomic E-state index is 13.1. The standard InChI is InChI=1S/C25H32N2O/c28-23(26-24(15-7-8-16-24)19-21-11-3-1-4-12-21)27-25(17-9-10-18-25)20-22-13-5-2-6-14-22/h1-6,11-14H,7-10,15-20H2,(H2,26,27,28). The van der Waals surface area contributed by atoms with Crippen LogP contribution in [0.3, 0.4) is 0 Å². The van der Waals surface area contributed by atoms with Crippen LogP contribution in [-0.4, -0.2) is 17.1 Å². The minimum atomic E-state index is -0.0992. The molecule has 28 heavy (non-hydrogen) atoms. The second-order valence-corrected chi connectivity index (χ2v) is 8.88. The van der Waals surface area contributed by atoms with Gasteiger partial charge in [-0.25, -0.2) is 4.79 Å². The van der Waals surface area contributed by atoms with Gasteiger partial charge in [0, 0.05) is 11.1 Å². The zero-order valence-electron chi connectivity index (χ0n) is 16.8. The lowest BCUT2D eigenvalue weighted by atomic mass is 9.88. The Morgan fingerprint density at radius 2 is 1.00 bits per heavy atom. The smallest absolute Gasteiger partial charge is 0.315 e. The van der Waals surface area contributed by atoms with Gasteiger partial charge in [0.2, 0.25) is 0 Å². The lowest BCUT2D eigenvalue weighted by molar-refractivity contribution is 0.208. The van der Waals surface area contributed by atoms with E-state index in [1.165, 1.54) is 36.8 Å². The highest BCUT2D eigenvalue weighted by Gasteiger charge is 2.39. The molecule has 0 heterocycles. The van der Waals surface area contributed by atoms with Gasteiger partial charge in [-0.05, 0) is 49.7 Å². The van der Waals surface area contributed by atoms with E-state index in [0.29, 0.717) is 0 Å². The van der Waals surface area contributed by atoms with E-state index in [-0.39, 0.29) is 17.1 Å². The highest BCUT2D eigenvalue weighted by molar-refractivity contribution is 5.76. The molecule has 2 saturated carbocycles. The molecule has 0 unspecified atom stereocenters. The number of hydrogen-bond acceptors (Lipinski definition) is 1. The summed E-state index contributed by atoms with van der Waals surface area (Å²) in [7, 11) is 0. The van der Waals surface area contributed by atoms with Crippen molar-refractivity contribution < 1.29 is 4.79 Å². The van der Waals surface area contributed by atoms with Crippen LogP contribution < -0.4 is 10.6 Å². The van der Waals surface area contributed by atoms with Crippen molar-refractivity contribution in [1.29, 1.82) is 0 Å². The number of hydrogen-bond donors (Lipinski definition) is 2. The summed E-state index contributed by atoms with van der Waals surface area (Å²) in [5.41, 5.74) is 2.42. The van der Waals surface area contributed by atoms with Crippen molar-refractivity contribution in [3.05, 3.63) is 71.8 Å². The molecule has 0 atom stereocenters. The number of rotatable bonds is 6. The second kappa shape index (κ2) is 8.38. The van der Waals surface area contributed by atoms with Crippen molar-refractivity contribution in [2.45, 2.75) is 75.3 Å². The van der Waals surface area contributed by atoms with Gasteiger partial charge >= 0.3 is 6.03 Å². The third kappa shape index (κ3) is 4.57. The van der Waals surface area contributed by atoms with Gasteiger partial charge in [0.15, 0.2) is 0 Å². The van der Waals surface area contributed by atoms with Crippen LogP contribution in [0, 0.1) is 0 Å². The molecule has 0 spiro atoms. The lowest BCUT2D eigenvalue weighted by Crippen LogP contribution is -2.58. The van der Waals surface area contributed by atoms with Crippen molar-refractivity contribution >= 4 is 6.03 Å². The molecule has 2 N–H and O–H groups in total. The summed E-state index contributed by atoms with van der Waals surface area (Å²) in [4.78, 5) is 13.1. The van der Waals surface area contributed by atoms with Gasteiger partial charge in [-0.15, -0.1) is 0 Å². The van der Waals surface area contributed by atoms with E-state index in [0.717, 1.165) is 38.5 Å². The van der Waals surface area contributed by atoms with Crippen LogP contribution in [0.1, 0.15) is 62.5 Å². The normalized spacial score (nSPS) is 20.0. The lowest BCUT2D eigenvalue weighted by Gasteiger charge is -2.35. The SMILES string of the molecule is O=C(NC1(Cc2ccccc2)CCCC1)NC1(Cc2ccccc2)CCCC1. The molecule has 148 valence electrons. The first kappa shape index (κ1) is 19.0. The Morgan fingerprint density at radius 1 is 0.643 bits per heavy atom. The summed E-state index contributed by atoms with van der Waals surface area (Å²) in [5.74, 6) is 0. The van der Waals surface area contributed by atoms with Crippen LogP contribution >= 0.6 is 0 Å². The van der Waals surface area contributed by atoms with E-state index < -0.39 is 0 Å². The number of nitrogens with one attached hydrogen (secondary N) is 2. The Bertz CT molecular complexity index is 694. The number of carbonyl (C=O) groups excluding carboxylic acids is 1. The zero-order chi connectivity index (χ0) is 19.3. The Kier molecular flexibility index (Phi) is 5.70. The maximum Gasteiger partial charge on any atom is 0.315 e. The fraction of sp³-hybridized carbons (Fsp3) is 0.480. The first-order chi connectivity index (χ1) is 13.7. The molecule has 3 heteroatoms. The van der Waals surface area contributed by atoms with Crippen molar-refractivity contribution in [1.82, 2.24) is 10.6 Å². The third-order valence-electron chi connectivity index (χ3n) is 6.65. The Morgan fingerprint density at radius 3 is 1.36 bits per heavy atom. The first-order valence-electron chi connectivity index (χ1n) is 10.9. The summed E-state index contributed by atoms with van der Waals surface area (Å²) in [5, 5.41) is 6.86. The number of benzene rings is 2. The largest absolute Gasteiger partial charge is 0.332 e. The minimum absolute atomic E-state index is 0.0238. The van der Waals surface area contributed by atoms with Crippen LogP contribution in [0.25, 0.3) is 0 Å². The Labute approximate surface area is 168 Å². The van der Waals surface area contributed by atoms with Gasteiger partial charge in [0.25, 0.3) is 0 Å². The fourth-order valence-electron chi connectivity index (χ4n) is 5.28. The van der Waals surface area contributed by atoms with Crippen molar-refractivity contribution in [3.8, 4) is 0 Å². The van der Waals surface area contributed by atoms with Crippen LogP contribution in [0.5, 0.6) is 0 Å². The molecule has 2 amide bonds. The highest BCUT2D eigenvalue weighted by Crippen LogP contribution is 2.35. The summed E-state index contributed by atoms with van der Waals surface area (Å²) in [6.07, 6.45) is 10.9. The monoisotopic (exact) mass is 376 g/mol. The van der Waals surface area contributed by atoms with E-state index in [2.05, 4.69) is 71.3 Å². The van der Waals surface area contributed by atoms with Crippen molar-refractivity contribution in [2.24, 2.45) is 0 Å². The van der Waals surface area contributed by atoms with Crippen molar-refractivity contribution in [3.63, 3.8) is 0 Å². The molecule has 2 fully saturated rings. The average molecular weight is 377 g/mol. The molecule has 4 rings (SSSR count). The third-order valence-corrected chi connectivity index (χ3v) is 6.65. The molecule has 0 aliphatic heterocycles. The van der Waals surface area contributed by atoms with E-state index in [4.69, 9.17) is 0 Å². The van der Waals surface area contributed by atoms with Crippen LogP contribution in [0.2, 0.25) is 0 Å². The van der Waals surface area contributed by atoms with E-state index in [1.54, 1.807) is 0 Å². The van der Waals surface area contributed by atoms with E-state index >= 15 is 0 Å². The predicted octanol–water partition coefficient (Wildman–Crippen LogP) is 5.40. The summed E-state index contributed by atoms with van der Waals surface area (Å²) in [6.45, 7) is 0. The summed E-state index contributed by atoms with van der Waals surface area (Å²) >= 11 is 0. The molecule has 2 aromatic carbocycles. The van der Waals surface area contributed by atoms with Gasteiger partial charge in [0.1, 0.15) is 0 Å². The van der Waals surface area contributed by atoms with E-state index in [9.17, 15) is 4.79 Å². The molecule has 0 saturated heterocycles. The molecule has 2 aliphatic carbocycles. The second-order valence-electron chi connectivity index (χ2n) is 8.88. The Balaban J connectivity index is 1.45. The topological polar surface area (TPSA) is 41.1 Å². The minimum Gasteiger partial charge on any atom is -0.332 e. The summed E-state index contributed by atoms with van der Waals surface area (Å²) < 4.78 is 0. The number of amides is 2. The Hall–Kier alpha value is -2.29. The van der Waals surface area contributed by atoms with Crippen LogP contribution in [0.15, 0.2) is 60.7 Å². The van der Waals surface area contributed by atoms with Gasteiger partial charge in [-0.3, -0.25) is 0 Å². The van der Waals surface area contributed by atoms with Crippen LogP contribution in [0.4, 0.5) is 4.79 Å². The summed E-state index contributed by atoms with van der Waals surface area (Å²) in [6, 6.07) is 21.2. The number of carbonyl (C=O) groups is 1. The highest BCUT2D eigenvalue weighted by atomic mass is 16.2. The zero-order valence-corrected chi connectivity index (χ0v) is 16.8. The fourth-order valence-corrected chi connectivity index (χ4v) is 5.28. The van der Waals surface area contributed by atoms with Gasteiger partial charge in [-0.2, -0.15) is 0 Å². The molecule has 2 aliphatic rings. The molecule has 0 radical (unpaired) electrons. The molecule has 3 nitrogen and oxygen atoms in total. The van der Waals surface area contributed by atoms with E-state index in [1.807, 2.05) is 0 Å². The first-order valence-corrected chi connectivity index (χ1v) is 10.9. The van der Waals surface area contributed by atoms with Gasteiger partial charge < -0.3 is 10.6 Å². The molecular weight excluding hydrogens is 344 g/mol. The molecule has 0 bridgehead atoms. The maximum atomic E-state index is 13.1. The van der Waals surface area contributed by atoms with Gasteiger partial charge in [0.05, 0.1) is 0 Å². The predicted molar refractivity (Wildman–Crippen MR) is 114 cm³/mol.